The number of rotatable bonds is 4. The molecule has 25 heavy (non-hydrogen) atoms. The van der Waals surface area contributed by atoms with Gasteiger partial charge in [-0.3, -0.25) is 9.69 Å². The molecule has 0 aromatic heterocycles. The predicted octanol–water partition coefficient (Wildman–Crippen LogP) is 3.83. The van der Waals surface area contributed by atoms with Crippen LogP contribution in [0.15, 0.2) is 35.9 Å². The van der Waals surface area contributed by atoms with E-state index < -0.39 is 0 Å². The molecule has 0 radical (unpaired) electrons. The lowest BCUT2D eigenvalue weighted by molar-refractivity contribution is -0.127. The highest BCUT2D eigenvalue weighted by Gasteiger charge is 2.39. The molecule has 1 aliphatic heterocycles. The van der Waals surface area contributed by atoms with Gasteiger partial charge in [-0.1, -0.05) is 35.9 Å². The second kappa shape index (κ2) is 7.74. The van der Waals surface area contributed by atoms with E-state index in [4.69, 9.17) is 0 Å². The predicted molar refractivity (Wildman–Crippen MR) is 104 cm³/mol. The highest BCUT2D eigenvalue weighted by Crippen LogP contribution is 2.37. The number of amides is 1. The first-order valence-corrected chi connectivity index (χ1v) is 9.74. The standard InChI is InChI=1S/C22H32N2O/c1-17(2)10-14-24-15-11-19(12-16-24)23-21(25)22(3)13-6-8-18-7-4-5-9-20(18)22/h4-5,7,9-10,19H,6,8,11-16H2,1-3H3,(H,23,25). The summed E-state index contributed by atoms with van der Waals surface area (Å²) in [5, 5.41) is 3.37. The molecule has 1 saturated heterocycles. The molecule has 1 N–H and O–H groups in total. The van der Waals surface area contributed by atoms with Crippen LogP contribution in [0.2, 0.25) is 0 Å². The molecule has 3 rings (SSSR count). The number of benzene rings is 1. The van der Waals surface area contributed by atoms with Gasteiger partial charge < -0.3 is 5.32 Å². The van der Waals surface area contributed by atoms with Crippen LogP contribution in [-0.4, -0.2) is 36.5 Å². The van der Waals surface area contributed by atoms with Crippen molar-refractivity contribution in [3.8, 4) is 0 Å². The summed E-state index contributed by atoms with van der Waals surface area (Å²) in [6, 6.07) is 8.81. The average Bonchev–Trinajstić information content (AvgIpc) is 2.61. The van der Waals surface area contributed by atoms with Crippen LogP contribution in [0, 0.1) is 0 Å². The van der Waals surface area contributed by atoms with Crippen molar-refractivity contribution in [2.45, 2.75) is 64.3 Å². The third-order valence-corrected chi connectivity index (χ3v) is 5.92. The van der Waals surface area contributed by atoms with E-state index in [1.54, 1.807) is 0 Å². The lowest BCUT2D eigenvalue weighted by Gasteiger charge is -2.38. The summed E-state index contributed by atoms with van der Waals surface area (Å²) in [4.78, 5) is 15.6. The van der Waals surface area contributed by atoms with Crippen LogP contribution in [0.3, 0.4) is 0 Å². The monoisotopic (exact) mass is 340 g/mol. The number of aryl methyl sites for hydroxylation is 1. The molecule has 1 aliphatic carbocycles. The van der Waals surface area contributed by atoms with Crippen LogP contribution < -0.4 is 5.32 Å². The van der Waals surface area contributed by atoms with E-state index in [-0.39, 0.29) is 11.3 Å². The van der Waals surface area contributed by atoms with E-state index in [2.05, 4.69) is 61.3 Å². The molecule has 1 atom stereocenters. The van der Waals surface area contributed by atoms with Crippen molar-refractivity contribution in [3.63, 3.8) is 0 Å². The maximum absolute atomic E-state index is 13.1. The Morgan fingerprint density at radius 1 is 1.28 bits per heavy atom. The van der Waals surface area contributed by atoms with E-state index in [1.165, 1.54) is 16.7 Å². The van der Waals surface area contributed by atoms with Gasteiger partial charge in [0.05, 0.1) is 5.41 Å². The number of nitrogens with zero attached hydrogens (tertiary/aromatic N) is 1. The van der Waals surface area contributed by atoms with Crippen LogP contribution in [0.1, 0.15) is 57.6 Å². The van der Waals surface area contributed by atoms with Gasteiger partial charge in [0, 0.05) is 25.7 Å². The number of hydrogen-bond donors (Lipinski definition) is 1. The third kappa shape index (κ3) is 4.14. The van der Waals surface area contributed by atoms with Crippen molar-refractivity contribution >= 4 is 5.91 Å². The van der Waals surface area contributed by atoms with Crippen LogP contribution in [-0.2, 0) is 16.6 Å². The Morgan fingerprint density at radius 2 is 2.00 bits per heavy atom. The summed E-state index contributed by atoms with van der Waals surface area (Å²) >= 11 is 0. The van der Waals surface area contributed by atoms with Crippen LogP contribution in [0.4, 0.5) is 0 Å². The Hall–Kier alpha value is -1.61. The molecule has 1 aromatic rings. The fourth-order valence-corrected chi connectivity index (χ4v) is 4.20. The Morgan fingerprint density at radius 3 is 2.72 bits per heavy atom. The summed E-state index contributed by atoms with van der Waals surface area (Å²) in [5.74, 6) is 0.224. The molecule has 1 heterocycles. The van der Waals surface area contributed by atoms with Gasteiger partial charge in [0.2, 0.25) is 5.91 Å². The van der Waals surface area contributed by atoms with Crippen molar-refractivity contribution in [1.82, 2.24) is 10.2 Å². The van der Waals surface area contributed by atoms with Gasteiger partial charge in [-0.05, 0) is 64.0 Å². The van der Waals surface area contributed by atoms with Gasteiger partial charge >= 0.3 is 0 Å². The number of allylic oxidation sites excluding steroid dienone is 1. The molecule has 1 aromatic carbocycles. The SMILES string of the molecule is CC(C)=CCN1CCC(NC(=O)C2(C)CCCc3ccccc32)CC1. The number of likely N-dealkylation sites (tertiary alicyclic amines) is 1. The molecule has 0 saturated carbocycles. The smallest absolute Gasteiger partial charge is 0.230 e. The van der Waals surface area contributed by atoms with E-state index in [0.29, 0.717) is 6.04 Å². The summed E-state index contributed by atoms with van der Waals surface area (Å²) in [6.45, 7) is 9.60. The Kier molecular flexibility index (Phi) is 5.63. The highest BCUT2D eigenvalue weighted by molar-refractivity contribution is 5.88. The van der Waals surface area contributed by atoms with Crippen molar-refractivity contribution in [2.75, 3.05) is 19.6 Å². The lowest BCUT2D eigenvalue weighted by atomic mass is 9.70. The van der Waals surface area contributed by atoms with Gasteiger partial charge in [-0.15, -0.1) is 0 Å². The zero-order valence-corrected chi connectivity index (χ0v) is 16.0. The quantitative estimate of drug-likeness (QED) is 0.845. The lowest BCUT2D eigenvalue weighted by Crippen LogP contribution is -2.51. The van der Waals surface area contributed by atoms with Gasteiger partial charge in [-0.2, -0.15) is 0 Å². The largest absolute Gasteiger partial charge is 0.353 e. The summed E-state index contributed by atoms with van der Waals surface area (Å²) in [5.41, 5.74) is 3.59. The molecule has 3 nitrogen and oxygen atoms in total. The number of piperidine rings is 1. The van der Waals surface area contributed by atoms with Crippen LogP contribution >= 0.6 is 0 Å². The summed E-state index contributed by atoms with van der Waals surface area (Å²) in [6.07, 6.45) is 7.55. The second-order valence-electron chi connectivity index (χ2n) is 8.17. The fraction of sp³-hybridized carbons (Fsp3) is 0.591. The van der Waals surface area contributed by atoms with Gasteiger partial charge in [0.25, 0.3) is 0 Å². The number of hydrogen-bond acceptors (Lipinski definition) is 2. The minimum absolute atomic E-state index is 0.224. The topological polar surface area (TPSA) is 32.3 Å². The van der Waals surface area contributed by atoms with Crippen molar-refractivity contribution < 1.29 is 4.79 Å². The Labute approximate surface area is 152 Å². The molecular formula is C22H32N2O. The van der Waals surface area contributed by atoms with Gasteiger partial charge in [-0.25, -0.2) is 0 Å². The van der Waals surface area contributed by atoms with Crippen LogP contribution in [0.5, 0.6) is 0 Å². The number of carbonyl (C=O) groups is 1. The molecule has 0 spiro atoms. The normalized spacial score (nSPS) is 24.4. The highest BCUT2D eigenvalue weighted by atomic mass is 16.2. The first kappa shape index (κ1) is 18.2. The summed E-state index contributed by atoms with van der Waals surface area (Å²) < 4.78 is 0. The molecular weight excluding hydrogens is 308 g/mol. The number of carbonyl (C=O) groups excluding carboxylic acids is 1. The zero-order valence-electron chi connectivity index (χ0n) is 16.0. The Balaban J connectivity index is 1.59. The molecule has 2 aliphatic rings. The first-order valence-electron chi connectivity index (χ1n) is 9.74. The Bertz CT molecular complexity index is 639. The van der Waals surface area contributed by atoms with E-state index >= 15 is 0 Å². The summed E-state index contributed by atoms with van der Waals surface area (Å²) in [7, 11) is 0. The van der Waals surface area contributed by atoms with Crippen molar-refractivity contribution in [2.24, 2.45) is 0 Å². The number of nitrogens with one attached hydrogen (secondary N) is 1. The van der Waals surface area contributed by atoms with Gasteiger partial charge in [0.15, 0.2) is 0 Å². The van der Waals surface area contributed by atoms with E-state index in [9.17, 15) is 4.79 Å². The maximum Gasteiger partial charge on any atom is 0.230 e. The molecule has 0 bridgehead atoms. The fourth-order valence-electron chi connectivity index (χ4n) is 4.20. The number of fused-ring (bicyclic) bond motifs is 1. The van der Waals surface area contributed by atoms with Crippen LogP contribution in [0.25, 0.3) is 0 Å². The van der Waals surface area contributed by atoms with E-state index in [1.807, 2.05) is 0 Å². The molecule has 1 unspecified atom stereocenters. The second-order valence-corrected chi connectivity index (χ2v) is 8.17. The molecule has 1 amide bonds. The molecule has 3 heteroatoms. The average molecular weight is 341 g/mol. The third-order valence-electron chi connectivity index (χ3n) is 5.92. The minimum Gasteiger partial charge on any atom is -0.353 e. The van der Waals surface area contributed by atoms with E-state index in [0.717, 1.165) is 51.7 Å². The molecule has 136 valence electrons. The minimum atomic E-state index is -0.367. The first-order chi connectivity index (χ1) is 12.0. The van der Waals surface area contributed by atoms with Crippen molar-refractivity contribution in [1.29, 1.82) is 0 Å². The zero-order chi connectivity index (χ0) is 17.9. The van der Waals surface area contributed by atoms with Crippen molar-refractivity contribution in [3.05, 3.63) is 47.0 Å². The maximum atomic E-state index is 13.1. The van der Waals surface area contributed by atoms with Gasteiger partial charge in [0.1, 0.15) is 0 Å². The molecule has 1 fully saturated rings.